The predicted molar refractivity (Wildman–Crippen MR) is 59.6 cm³/mol. The maximum atomic E-state index is 7.33. The Morgan fingerprint density at radius 2 is 0.909 bits per heavy atom. The molecule has 0 saturated heterocycles. The minimum absolute atomic E-state index is 0. The molecule has 0 amide bonds. The van der Waals surface area contributed by atoms with Crippen molar-refractivity contribution >= 4 is 168 Å². The van der Waals surface area contributed by atoms with E-state index in [2.05, 4.69) is 0 Å². The second-order valence-electron chi connectivity index (χ2n) is 0.600. The van der Waals surface area contributed by atoms with E-state index >= 15 is 0 Å². The zero-order valence-corrected chi connectivity index (χ0v) is 3.79. The minimum atomic E-state index is -4.61. The first-order valence-corrected chi connectivity index (χ1v) is 2.68. The van der Waals surface area contributed by atoms with Gasteiger partial charge in [-0.2, -0.15) is 0 Å². The van der Waals surface area contributed by atoms with Crippen molar-refractivity contribution in [2.75, 3.05) is 0 Å². The van der Waals surface area contributed by atoms with Gasteiger partial charge in [0.1, 0.15) is 0 Å². The van der Waals surface area contributed by atoms with Gasteiger partial charge in [-0.05, 0) is 0 Å². The predicted octanol–water partition coefficient (Wildman–Crippen LogP) is -7.75. The van der Waals surface area contributed by atoms with Crippen LogP contribution in [0.4, 0.5) is 0 Å². The van der Waals surface area contributed by atoms with E-state index in [1.54, 1.807) is 0 Å². The van der Waals surface area contributed by atoms with Crippen molar-refractivity contribution in [3.05, 3.63) is 0 Å². The molecule has 0 aromatic heterocycles. The van der Waals surface area contributed by atoms with E-state index in [1.807, 2.05) is 0 Å². The Kier molecular flexibility index (Phi) is 98.2. The van der Waals surface area contributed by atoms with E-state index < -0.39 is 9.05 Å². The second-order valence-corrected chi connectivity index (χ2v) is 1.80. The van der Waals surface area contributed by atoms with Crippen molar-refractivity contribution in [1.82, 2.24) is 0 Å². The van der Waals surface area contributed by atoms with Gasteiger partial charge in [-0.15, -0.1) is 0 Å². The molecule has 11 heavy (non-hydrogen) atoms. The Morgan fingerprint density at radius 1 is 0.909 bits per heavy atom. The molecular weight excluding hydrogens is 262 g/mol. The molecule has 0 bridgehead atoms. The van der Waals surface area contributed by atoms with Crippen LogP contribution in [0.5, 0.6) is 0 Å². The summed E-state index contributed by atoms with van der Waals surface area (Å²) in [5.74, 6) is 0. The second kappa shape index (κ2) is 24.4. The van der Waals surface area contributed by atoms with Gasteiger partial charge in [0.05, 0.1) is 0 Å². The van der Waals surface area contributed by atoms with Gasteiger partial charge < -0.3 is 24.7 Å². The van der Waals surface area contributed by atoms with Gasteiger partial charge in [0, 0.05) is 0 Å². The van der Waals surface area contributed by atoms with E-state index in [-0.39, 0.29) is 165 Å². The summed E-state index contributed by atoms with van der Waals surface area (Å²) >= 11 is 0. The van der Waals surface area contributed by atoms with Crippen molar-refractivity contribution < 1.29 is 24.7 Å². The molecule has 5 nitrogen and oxygen atoms in total. The molecule has 0 rings (SSSR count). The fourth-order valence-electron chi connectivity index (χ4n) is 0. The van der Waals surface area contributed by atoms with Crippen molar-refractivity contribution in [3.8, 4) is 0 Å². The molecule has 0 aliphatic heterocycles. The van der Waals surface area contributed by atoms with Crippen LogP contribution in [0.15, 0.2) is 0 Å². The van der Waals surface area contributed by atoms with Gasteiger partial charge in [-0.1, -0.05) is 0 Å². The summed E-state index contributed by atoms with van der Waals surface area (Å²) in [6.07, 6.45) is 0. The standard InChI is InChI=1S/Al.Ca.K.Mg.Na.H4O4Si.H2O.9H/c;;;;;1-5(2,3)4;;;;;;;;;;/h;;;;;1-4H;1H2;;;;;;;;;. The number of hydrogen-bond donors (Lipinski definition) is 4. The summed E-state index contributed by atoms with van der Waals surface area (Å²) in [4.78, 5) is 29.3. The molecule has 6 N–H and O–H groups in total. The summed E-state index contributed by atoms with van der Waals surface area (Å²) < 4.78 is 0. The van der Waals surface area contributed by atoms with Crippen molar-refractivity contribution in [1.29, 1.82) is 0 Å². The summed E-state index contributed by atoms with van der Waals surface area (Å²) in [5, 5.41) is 0. The van der Waals surface area contributed by atoms with E-state index in [0.29, 0.717) is 0 Å². The summed E-state index contributed by atoms with van der Waals surface area (Å²) in [7, 11) is -4.61. The van der Waals surface area contributed by atoms with Gasteiger partial charge in [-0.3, -0.25) is 0 Å². The van der Waals surface area contributed by atoms with Crippen LogP contribution in [0, 0.1) is 0 Å². The average molecular weight is 277 g/mol. The van der Waals surface area contributed by atoms with Crippen LogP contribution in [-0.2, 0) is 0 Å². The first-order chi connectivity index (χ1) is 2.00. The van der Waals surface area contributed by atoms with Crippen molar-refractivity contribution in [2.45, 2.75) is 0 Å². The summed E-state index contributed by atoms with van der Waals surface area (Å²) in [5.41, 5.74) is 0. The molecule has 0 fully saturated rings. The van der Waals surface area contributed by atoms with E-state index in [0.717, 1.165) is 0 Å². The molecule has 0 radical (unpaired) electrons. The first-order valence-electron chi connectivity index (χ1n) is 0.894. The average Bonchev–Trinajstić information content (AvgIpc) is 0.722. The van der Waals surface area contributed by atoms with Crippen molar-refractivity contribution in [3.63, 3.8) is 0 Å². The van der Waals surface area contributed by atoms with Crippen LogP contribution in [0.1, 0.15) is 0 Å². The third-order valence-electron chi connectivity index (χ3n) is 0. The summed E-state index contributed by atoms with van der Waals surface area (Å²) in [6.45, 7) is 0. The molecule has 0 saturated carbocycles. The van der Waals surface area contributed by atoms with Gasteiger partial charge in [-0.25, -0.2) is 0 Å². The van der Waals surface area contributed by atoms with Gasteiger partial charge in [0.15, 0.2) is 17.4 Å². The molecule has 0 heterocycles. The van der Waals surface area contributed by atoms with Crippen LogP contribution in [0.25, 0.3) is 0 Å². The van der Waals surface area contributed by atoms with Crippen LogP contribution >= 0.6 is 0 Å². The number of hydrogen-bond acceptors (Lipinski definition) is 4. The Balaban J connectivity index is -0.00000000533. The fraction of sp³-hybridized carbons (Fsp3) is 0. The Labute approximate surface area is 188 Å². The number of rotatable bonds is 0. The molecule has 58 valence electrons. The Morgan fingerprint density at radius 3 is 0.909 bits per heavy atom. The molecule has 0 aromatic carbocycles. The Hall–Kier alpha value is 5.21. The fourth-order valence-corrected chi connectivity index (χ4v) is 0. The van der Waals surface area contributed by atoms with Crippen LogP contribution in [0.2, 0.25) is 0 Å². The van der Waals surface area contributed by atoms with Crippen LogP contribution in [-0.4, -0.2) is 193 Å². The third-order valence-corrected chi connectivity index (χ3v) is 0. The van der Waals surface area contributed by atoms with Crippen LogP contribution < -0.4 is 0 Å². The van der Waals surface area contributed by atoms with Crippen LogP contribution in [0.3, 0.4) is 0 Å². The zero-order chi connectivity index (χ0) is 4.50. The monoisotopic (exact) mass is 276 g/mol. The quantitative estimate of drug-likeness (QED) is 0.329. The molecule has 11 heteroatoms. The van der Waals surface area contributed by atoms with Gasteiger partial charge in [0.25, 0.3) is 0 Å². The van der Waals surface area contributed by atoms with Crippen molar-refractivity contribution in [2.24, 2.45) is 0 Å². The molecular formula is H15AlCaKMgNaO5Si. The Bertz CT molecular complexity index is 42.0. The van der Waals surface area contributed by atoms with Gasteiger partial charge in [0.2, 0.25) is 0 Å². The third kappa shape index (κ3) is 97.8. The molecule has 0 aliphatic rings. The molecule has 0 spiro atoms. The maximum absolute atomic E-state index is 7.33. The summed E-state index contributed by atoms with van der Waals surface area (Å²) in [6, 6.07) is 0. The molecule has 0 unspecified atom stereocenters. The van der Waals surface area contributed by atoms with Gasteiger partial charge >= 0.3 is 151 Å². The molecule has 0 atom stereocenters. The van der Waals surface area contributed by atoms with E-state index in [4.69, 9.17) is 19.2 Å². The topological polar surface area (TPSA) is 112 Å². The van der Waals surface area contributed by atoms with E-state index in [9.17, 15) is 0 Å². The molecule has 0 aliphatic carbocycles. The SMILES string of the molecule is O.O[Si](O)(O)O.[AlH3].[CaH2].[KH].[MgH2].[NaH]. The van der Waals surface area contributed by atoms with E-state index in [1.165, 1.54) is 0 Å². The zero-order valence-electron chi connectivity index (χ0n) is 2.79. The normalized spacial score (nSPS) is 5.45. The molecule has 0 aromatic rings. The first kappa shape index (κ1) is 44.2.